The Morgan fingerprint density at radius 1 is 1.28 bits per heavy atom. The van der Waals surface area contributed by atoms with Crippen molar-refractivity contribution in [2.45, 2.75) is 19.8 Å². The number of amides is 2. The van der Waals surface area contributed by atoms with Gasteiger partial charge in [0.05, 0.1) is 0 Å². The largest absolute Gasteiger partial charge is 0.360 e. The van der Waals surface area contributed by atoms with Crippen molar-refractivity contribution in [2.75, 3.05) is 25.5 Å². The molecular weight excluding hydrogens is 254 g/mol. The van der Waals surface area contributed by atoms with E-state index in [1.165, 1.54) is 11.3 Å². The van der Waals surface area contributed by atoms with Crippen molar-refractivity contribution in [3.05, 3.63) is 5.01 Å². The summed E-state index contributed by atoms with van der Waals surface area (Å²) in [5.41, 5.74) is 0. The van der Waals surface area contributed by atoms with Crippen LogP contribution in [0.4, 0.5) is 5.13 Å². The van der Waals surface area contributed by atoms with E-state index in [4.69, 9.17) is 0 Å². The summed E-state index contributed by atoms with van der Waals surface area (Å²) < 4.78 is 0. The monoisotopic (exact) mass is 271 g/mol. The average Bonchev–Trinajstić information content (AvgIpc) is 2.84. The Bertz CT molecular complexity index is 407. The molecule has 8 heteroatoms. The fourth-order valence-electron chi connectivity index (χ4n) is 1.11. The number of rotatable bonds is 7. The van der Waals surface area contributed by atoms with Gasteiger partial charge in [-0.25, -0.2) is 0 Å². The van der Waals surface area contributed by atoms with Crippen LogP contribution in [0.3, 0.4) is 0 Å². The van der Waals surface area contributed by atoms with Crippen molar-refractivity contribution < 1.29 is 9.59 Å². The lowest BCUT2D eigenvalue weighted by molar-refractivity contribution is -0.120. The molecule has 0 bridgehead atoms. The molecule has 0 unspecified atom stereocenters. The lowest BCUT2D eigenvalue weighted by Gasteiger charge is -2.01. The third kappa shape index (κ3) is 4.66. The molecule has 0 saturated carbocycles. The van der Waals surface area contributed by atoms with Gasteiger partial charge in [0.1, 0.15) is 0 Å². The maximum absolute atomic E-state index is 11.6. The zero-order valence-corrected chi connectivity index (χ0v) is 11.3. The van der Waals surface area contributed by atoms with Gasteiger partial charge < -0.3 is 16.0 Å². The first-order chi connectivity index (χ1) is 8.67. The summed E-state index contributed by atoms with van der Waals surface area (Å²) in [5, 5.41) is 16.7. The van der Waals surface area contributed by atoms with E-state index in [1.54, 1.807) is 7.05 Å². The summed E-state index contributed by atoms with van der Waals surface area (Å²) in [4.78, 5) is 22.6. The Morgan fingerprint density at radius 3 is 2.72 bits per heavy atom. The van der Waals surface area contributed by atoms with Crippen LogP contribution in [0.15, 0.2) is 0 Å². The summed E-state index contributed by atoms with van der Waals surface area (Å²) in [5.74, 6) is -0.418. The number of carbonyl (C=O) groups is 2. The number of nitrogens with one attached hydrogen (secondary N) is 3. The molecule has 1 heterocycles. The fourth-order valence-corrected chi connectivity index (χ4v) is 1.79. The van der Waals surface area contributed by atoms with Crippen molar-refractivity contribution in [1.29, 1.82) is 0 Å². The number of carbonyl (C=O) groups excluding carboxylic acids is 2. The highest BCUT2D eigenvalue weighted by Crippen LogP contribution is 2.14. The summed E-state index contributed by atoms with van der Waals surface area (Å²) in [6.45, 7) is 3.13. The SMILES string of the molecule is CCCNc1nnc(C(=O)NCCC(=O)NC)s1. The van der Waals surface area contributed by atoms with E-state index in [-0.39, 0.29) is 24.8 Å². The Balaban J connectivity index is 2.37. The van der Waals surface area contributed by atoms with Gasteiger partial charge in [-0.05, 0) is 6.42 Å². The number of aromatic nitrogens is 2. The van der Waals surface area contributed by atoms with Gasteiger partial charge in [-0.1, -0.05) is 18.3 Å². The zero-order valence-electron chi connectivity index (χ0n) is 10.4. The molecule has 3 N–H and O–H groups in total. The molecular formula is C10H17N5O2S. The van der Waals surface area contributed by atoms with Crippen LogP contribution < -0.4 is 16.0 Å². The highest BCUT2D eigenvalue weighted by Gasteiger charge is 2.12. The normalized spacial score (nSPS) is 9.89. The van der Waals surface area contributed by atoms with Gasteiger partial charge in [-0.15, -0.1) is 10.2 Å². The zero-order chi connectivity index (χ0) is 13.4. The molecule has 18 heavy (non-hydrogen) atoms. The molecule has 2 amide bonds. The minimum atomic E-state index is -0.305. The predicted molar refractivity (Wildman–Crippen MR) is 69.7 cm³/mol. The second-order valence-electron chi connectivity index (χ2n) is 3.52. The van der Waals surface area contributed by atoms with Gasteiger partial charge in [0.25, 0.3) is 5.91 Å². The molecule has 0 aromatic carbocycles. The third-order valence-electron chi connectivity index (χ3n) is 2.06. The van der Waals surface area contributed by atoms with Crippen LogP contribution in [-0.4, -0.2) is 42.1 Å². The molecule has 0 aliphatic carbocycles. The van der Waals surface area contributed by atoms with Crippen LogP contribution >= 0.6 is 11.3 Å². The van der Waals surface area contributed by atoms with Crippen molar-refractivity contribution in [3.63, 3.8) is 0 Å². The molecule has 1 aromatic rings. The summed E-state index contributed by atoms with van der Waals surface area (Å²) >= 11 is 1.20. The standard InChI is InChI=1S/C10H17N5O2S/c1-3-5-13-10-15-14-9(18-10)8(17)12-6-4-7(16)11-2/h3-6H2,1-2H3,(H,11,16)(H,12,17)(H,13,15). The molecule has 0 fully saturated rings. The van der Waals surface area contributed by atoms with E-state index in [1.807, 2.05) is 6.92 Å². The molecule has 0 radical (unpaired) electrons. The number of nitrogens with zero attached hydrogens (tertiary/aromatic N) is 2. The number of anilines is 1. The first-order valence-electron chi connectivity index (χ1n) is 5.73. The third-order valence-corrected chi connectivity index (χ3v) is 2.94. The van der Waals surface area contributed by atoms with E-state index in [9.17, 15) is 9.59 Å². The molecule has 0 spiro atoms. The first kappa shape index (κ1) is 14.4. The molecule has 1 aromatic heterocycles. The van der Waals surface area contributed by atoms with Crippen molar-refractivity contribution >= 4 is 28.3 Å². The highest BCUT2D eigenvalue weighted by atomic mass is 32.1. The second kappa shape index (κ2) is 7.59. The average molecular weight is 271 g/mol. The van der Waals surface area contributed by atoms with Gasteiger partial charge in [0.2, 0.25) is 16.0 Å². The fraction of sp³-hybridized carbons (Fsp3) is 0.600. The number of hydrogen-bond donors (Lipinski definition) is 3. The minimum absolute atomic E-state index is 0.113. The smallest absolute Gasteiger partial charge is 0.282 e. The topological polar surface area (TPSA) is 96.0 Å². The van der Waals surface area contributed by atoms with E-state index in [2.05, 4.69) is 26.1 Å². The van der Waals surface area contributed by atoms with E-state index in [0.717, 1.165) is 13.0 Å². The maximum atomic E-state index is 11.6. The van der Waals surface area contributed by atoms with Gasteiger partial charge in [-0.2, -0.15) is 0 Å². The second-order valence-corrected chi connectivity index (χ2v) is 4.50. The van der Waals surface area contributed by atoms with Gasteiger partial charge in [0, 0.05) is 26.6 Å². The summed E-state index contributed by atoms with van der Waals surface area (Å²) in [7, 11) is 1.56. The van der Waals surface area contributed by atoms with Crippen LogP contribution in [0, 0.1) is 0 Å². The van der Waals surface area contributed by atoms with Crippen LogP contribution in [0.1, 0.15) is 29.6 Å². The summed E-state index contributed by atoms with van der Waals surface area (Å²) in [6.07, 6.45) is 1.23. The maximum Gasteiger partial charge on any atom is 0.282 e. The summed E-state index contributed by atoms with van der Waals surface area (Å²) in [6, 6.07) is 0. The lowest BCUT2D eigenvalue weighted by atomic mass is 10.4. The molecule has 1 rings (SSSR count). The highest BCUT2D eigenvalue weighted by molar-refractivity contribution is 7.17. The van der Waals surface area contributed by atoms with Crippen molar-refractivity contribution in [2.24, 2.45) is 0 Å². The molecule has 7 nitrogen and oxygen atoms in total. The van der Waals surface area contributed by atoms with Crippen molar-refractivity contribution in [3.8, 4) is 0 Å². The van der Waals surface area contributed by atoms with Gasteiger partial charge in [-0.3, -0.25) is 9.59 Å². The van der Waals surface area contributed by atoms with Gasteiger partial charge in [0.15, 0.2) is 0 Å². The van der Waals surface area contributed by atoms with Crippen LogP contribution in [-0.2, 0) is 4.79 Å². The quantitative estimate of drug-likeness (QED) is 0.659. The Kier molecular flexibility index (Phi) is 6.06. The Hall–Kier alpha value is -1.70. The van der Waals surface area contributed by atoms with Crippen LogP contribution in [0.5, 0.6) is 0 Å². The van der Waals surface area contributed by atoms with Crippen LogP contribution in [0.25, 0.3) is 0 Å². The molecule has 0 saturated heterocycles. The van der Waals surface area contributed by atoms with Crippen molar-refractivity contribution in [1.82, 2.24) is 20.8 Å². The minimum Gasteiger partial charge on any atom is -0.360 e. The Morgan fingerprint density at radius 2 is 2.06 bits per heavy atom. The van der Waals surface area contributed by atoms with E-state index in [0.29, 0.717) is 10.1 Å². The first-order valence-corrected chi connectivity index (χ1v) is 6.55. The predicted octanol–water partition coefficient (Wildman–Crippen LogP) is 0.226. The number of hydrogen-bond acceptors (Lipinski definition) is 6. The van der Waals surface area contributed by atoms with Gasteiger partial charge >= 0.3 is 0 Å². The van der Waals surface area contributed by atoms with Crippen LogP contribution in [0.2, 0.25) is 0 Å². The molecule has 0 atom stereocenters. The molecule has 0 aliphatic heterocycles. The Labute approximate surface area is 109 Å². The van der Waals surface area contributed by atoms with E-state index < -0.39 is 0 Å². The molecule has 100 valence electrons. The molecule has 0 aliphatic rings. The van der Waals surface area contributed by atoms with E-state index >= 15 is 0 Å². The lowest BCUT2D eigenvalue weighted by Crippen LogP contribution is -2.29.